The standard InChI is InChI=1S/C12H17N3O4S/c1-8-13-6-9(20-8)7-14-12(19)15-10(16)4-2-3-5-11(17)18/h6H,2-5,7H2,1H3,(H,17,18)(H2,14,15,16,19). The van der Waals surface area contributed by atoms with Gasteiger partial charge in [-0.1, -0.05) is 0 Å². The second-order valence-electron chi connectivity index (χ2n) is 4.18. The van der Waals surface area contributed by atoms with Gasteiger partial charge in [-0.15, -0.1) is 11.3 Å². The molecule has 7 nitrogen and oxygen atoms in total. The summed E-state index contributed by atoms with van der Waals surface area (Å²) in [7, 11) is 0. The van der Waals surface area contributed by atoms with E-state index in [9.17, 15) is 14.4 Å². The lowest BCUT2D eigenvalue weighted by atomic mass is 10.2. The second kappa shape index (κ2) is 8.26. The summed E-state index contributed by atoms with van der Waals surface area (Å²) in [6.07, 6.45) is 2.71. The van der Waals surface area contributed by atoms with Crippen molar-refractivity contribution in [2.24, 2.45) is 0 Å². The first-order valence-electron chi connectivity index (χ1n) is 6.18. The molecule has 8 heteroatoms. The Labute approximate surface area is 120 Å². The Balaban J connectivity index is 2.14. The zero-order valence-electron chi connectivity index (χ0n) is 11.1. The Bertz CT molecular complexity index is 487. The fraction of sp³-hybridized carbons (Fsp3) is 0.500. The van der Waals surface area contributed by atoms with Gasteiger partial charge in [0, 0.05) is 23.9 Å². The molecule has 0 unspecified atom stereocenters. The van der Waals surface area contributed by atoms with E-state index in [-0.39, 0.29) is 12.8 Å². The van der Waals surface area contributed by atoms with E-state index in [1.54, 1.807) is 6.20 Å². The maximum absolute atomic E-state index is 11.4. The smallest absolute Gasteiger partial charge is 0.321 e. The zero-order valence-corrected chi connectivity index (χ0v) is 12.0. The van der Waals surface area contributed by atoms with Crippen LogP contribution >= 0.6 is 11.3 Å². The van der Waals surface area contributed by atoms with Gasteiger partial charge < -0.3 is 10.4 Å². The Morgan fingerprint density at radius 1 is 1.30 bits per heavy atom. The monoisotopic (exact) mass is 299 g/mol. The molecule has 0 fully saturated rings. The summed E-state index contributed by atoms with van der Waals surface area (Å²) in [5.41, 5.74) is 0. The zero-order chi connectivity index (χ0) is 15.0. The van der Waals surface area contributed by atoms with Crippen LogP contribution in [0.5, 0.6) is 0 Å². The summed E-state index contributed by atoms with van der Waals surface area (Å²) >= 11 is 1.47. The number of hydrogen-bond donors (Lipinski definition) is 3. The highest BCUT2D eigenvalue weighted by Crippen LogP contribution is 2.10. The number of carbonyl (C=O) groups is 3. The molecule has 0 bridgehead atoms. The minimum Gasteiger partial charge on any atom is -0.481 e. The number of nitrogens with one attached hydrogen (secondary N) is 2. The number of aromatic nitrogens is 1. The van der Waals surface area contributed by atoms with E-state index in [0.29, 0.717) is 19.4 Å². The Hall–Kier alpha value is -1.96. The van der Waals surface area contributed by atoms with Gasteiger partial charge in [0.1, 0.15) is 0 Å². The molecule has 1 aromatic heterocycles. The Morgan fingerprint density at radius 2 is 2.00 bits per heavy atom. The van der Waals surface area contributed by atoms with Crippen LogP contribution in [-0.2, 0) is 16.1 Å². The largest absolute Gasteiger partial charge is 0.481 e. The molecular weight excluding hydrogens is 282 g/mol. The quantitative estimate of drug-likeness (QED) is 0.660. The fourth-order valence-corrected chi connectivity index (χ4v) is 2.18. The number of hydrogen-bond acceptors (Lipinski definition) is 5. The number of carbonyl (C=O) groups excluding carboxylic acids is 2. The number of aryl methyl sites for hydroxylation is 1. The van der Waals surface area contributed by atoms with Crippen LogP contribution in [0, 0.1) is 6.92 Å². The molecule has 0 spiro atoms. The van der Waals surface area contributed by atoms with Gasteiger partial charge in [-0.3, -0.25) is 14.9 Å². The third-order valence-electron chi connectivity index (χ3n) is 2.39. The number of thiazole rings is 1. The third-order valence-corrected chi connectivity index (χ3v) is 3.30. The molecule has 0 aliphatic rings. The van der Waals surface area contributed by atoms with Crippen molar-refractivity contribution < 1.29 is 19.5 Å². The summed E-state index contributed by atoms with van der Waals surface area (Å²) in [6.45, 7) is 2.19. The summed E-state index contributed by atoms with van der Waals surface area (Å²) in [6, 6.07) is -0.556. The predicted octanol–water partition coefficient (Wildman–Crippen LogP) is 1.42. The maximum Gasteiger partial charge on any atom is 0.321 e. The van der Waals surface area contributed by atoms with Gasteiger partial charge in [0.25, 0.3) is 0 Å². The van der Waals surface area contributed by atoms with Crippen LogP contribution in [0.15, 0.2) is 6.20 Å². The van der Waals surface area contributed by atoms with E-state index in [2.05, 4.69) is 15.6 Å². The molecule has 1 heterocycles. The van der Waals surface area contributed by atoms with Crippen molar-refractivity contribution >= 4 is 29.2 Å². The van der Waals surface area contributed by atoms with Gasteiger partial charge in [-0.25, -0.2) is 9.78 Å². The lowest BCUT2D eigenvalue weighted by Gasteiger charge is -2.05. The first kappa shape index (κ1) is 16.1. The van der Waals surface area contributed by atoms with Crippen LogP contribution in [0.3, 0.4) is 0 Å². The van der Waals surface area contributed by atoms with Gasteiger partial charge in [-0.05, 0) is 19.8 Å². The van der Waals surface area contributed by atoms with E-state index >= 15 is 0 Å². The van der Waals surface area contributed by atoms with E-state index in [1.807, 2.05) is 6.92 Å². The summed E-state index contributed by atoms with van der Waals surface area (Å²) in [4.78, 5) is 38.0. The minimum atomic E-state index is -0.886. The van der Waals surface area contributed by atoms with Crippen LogP contribution in [-0.4, -0.2) is 28.0 Å². The molecule has 110 valence electrons. The molecule has 0 saturated heterocycles. The molecule has 0 aromatic carbocycles. The lowest BCUT2D eigenvalue weighted by Crippen LogP contribution is -2.38. The van der Waals surface area contributed by atoms with Crippen LogP contribution in [0.4, 0.5) is 4.79 Å². The van der Waals surface area contributed by atoms with E-state index in [0.717, 1.165) is 9.88 Å². The first-order valence-corrected chi connectivity index (χ1v) is 7.00. The van der Waals surface area contributed by atoms with Gasteiger partial charge in [-0.2, -0.15) is 0 Å². The summed E-state index contributed by atoms with van der Waals surface area (Å²) in [5.74, 6) is -1.30. The van der Waals surface area contributed by atoms with Gasteiger partial charge >= 0.3 is 12.0 Å². The number of aliphatic carboxylic acids is 1. The molecule has 0 aliphatic heterocycles. The van der Waals surface area contributed by atoms with Crippen molar-refractivity contribution in [2.45, 2.75) is 39.2 Å². The fourth-order valence-electron chi connectivity index (χ4n) is 1.45. The van der Waals surface area contributed by atoms with Gasteiger partial charge in [0.2, 0.25) is 5.91 Å². The van der Waals surface area contributed by atoms with Crippen LogP contribution in [0.1, 0.15) is 35.6 Å². The van der Waals surface area contributed by atoms with Crippen LogP contribution < -0.4 is 10.6 Å². The maximum atomic E-state index is 11.4. The Kier molecular flexibility index (Phi) is 6.65. The molecule has 0 aliphatic carbocycles. The number of carboxylic acids is 1. The second-order valence-corrected chi connectivity index (χ2v) is 5.50. The molecule has 3 N–H and O–H groups in total. The average Bonchev–Trinajstić information content (AvgIpc) is 2.78. The van der Waals surface area contributed by atoms with Gasteiger partial charge in [0.15, 0.2) is 0 Å². The van der Waals surface area contributed by atoms with Gasteiger partial charge in [0.05, 0.1) is 11.6 Å². The molecule has 0 radical (unpaired) electrons. The van der Waals surface area contributed by atoms with Crippen molar-refractivity contribution in [3.8, 4) is 0 Å². The minimum absolute atomic E-state index is 0.0319. The summed E-state index contributed by atoms with van der Waals surface area (Å²) < 4.78 is 0. The first-order chi connectivity index (χ1) is 9.47. The molecule has 1 rings (SSSR count). The van der Waals surface area contributed by atoms with Crippen molar-refractivity contribution in [3.05, 3.63) is 16.1 Å². The predicted molar refractivity (Wildman–Crippen MR) is 73.3 cm³/mol. The highest BCUT2D eigenvalue weighted by Gasteiger charge is 2.08. The number of urea groups is 1. The molecular formula is C12H17N3O4S. The molecule has 0 saturated carbocycles. The number of rotatable bonds is 7. The lowest BCUT2D eigenvalue weighted by molar-refractivity contribution is -0.137. The molecule has 1 aromatic rings. The van der Waals surface area contributed by atoms with Crippen LogP contribution in [0.25, 0.3) is 0 Å². The number of carboxylic acid groups (broad SMARTS) is 1. The molecule has 20 heavy (non-hydrogen) atoms. The average molecular weight is 299 g/mol. The normalized spacial score (nSPS) is 10.1. The highest BCUT2D eigenvalue weighted by molar-refractivity contribution is 7.11. The molecule has 3 amide bonds. The van der Waals surface area contributed by atoms with Crippen molar-refractivity contribution in [3.63, 3.8) is 0 Å². The van der Waals surface area contributed by atoms with Crippen LogP contribution in [0.2, 0.25) is 0 Å². The summed E-state index contributed by atoms with van der Waals surface area (Å²) in [5, 5.41) is 14.1. The van der Waals surface area contributed by atoms with Crippen molar-refractivity contribution in [2.75, 3.05) is 0 Å². The Morgan fingerprint density at radius 3 is 2.60 bits per heavy atom. The van der Waals surface area contributed by atoms with E-state index in [1.165, 1.54) is 11.3 Å². The topological polar surface area (TPSA) is 108 Å². The van der Waals surface area contributed by atoms with Crippen molar-refractivity contribution in [1.82, 2.24) is 15.6 Å². The molecule has 0 atom stereocenters. The SMILES string of the molecule is Cc1ncc(CNC(=O)NC(=O)CCCCC(=O)O)s1. The van der Waals surface area contributed by atoms with Crippen molar-refractivity contribution in [1.29, 1.82) is 0 Å². The number of nitrogens with zero attached hydrogens (tertiary/aromatic N) is 1. The van der Waals surface area contributed by atoms with E-state index < -0.39 is 17.9 Å². The number of unbranched alkanes of at least 4 members (excludes halogenated alkanes) is 1. The number of imide groups is 1. The highest BCUT2D eigenvalue weighted by atomic mass is 32.1. The third kappa shape index (κ3) is 6.83. The van der Waals surface area contributed by atoms with E-state index in [4.69, 9.17) is 5.11 Å². The number of amides is 3.